The van der Waals surface area contributed by atoms with Crippen LogP contribution in [0, 0.1) is 5.92 Å². The van der Waals surface area contributed by atoms with Crippen LogP contribution in [0.1, 0.15) is 50.3 Å². The Bertz CT molecular complexity index is 475. The van der Waals surface area contributed by atoms with E-state index in [1.165, 1.54) is 22.6 Å². The lowest BCUT2D eigenvalue weighted by Crippen LogP contribution is -2.67. The fraction of sp³-hybridized carbons (Fsp3) is 0.765. The van der Waals surface area contributed by atoms with Gasteiger partial charge in [-0.1, -0.05) is 6.92 Å². The Balaban J connectivity index is 1.78. The van der Waals surface area contributed by atoms with Gasteiger partial charge in [0.15, 0.2) is 0 Å². The second-order valence-electron chi connectivity index (χ2n) is 7.45. The average Bonchev–Trinajstić information content (AvgIpc) is 3.16. The van der Waals surface area contributed by atoms with Crippen molar-refractivity contribution in [3.05, 3.63) is 21.9 Å². The Labute approximate surface area is 127 Å². The van der Waals surface area contributed by atoms with Crippen molar-refractivity contribution in [1.29, 1.82) is 0 Å². The lowest BCUT2D eigenvalue weighted by Gasteiger charge is -2.51. The molecule has 0 aromatic carbocycles. The molecule has 1 aromatic rings. The van der Waals surface area contributed by atoms with Crippen LogP contribution in [0.4, 0.5) is 0 Å². The Hall–Kier alpha value is -0.380. The van der Waals surface area contributed by atoms with Crippen molar-refractivity contribution in [2.75, 3.05) is 13.1 Å². The molecule has 0 radical (unpaired) electrons. The quantitative estimate of drug-likeness (QED) is 0.911. The summed E-state index contributed by atoms with van der Waals surface area (Å²) in [6, 6.07) is 4.65. The van der Waals surface area contributed by atoms with E-state index in [4.69, 9.17) is 0 Å². The molecule has 3 rings (SSSR count). The van der Waals surface area contributed by atoms with Gasteiger partial charge in [-0.3, -0.25) is 4.90 Å². The van der Waals surface area contributed by atoms with E-state index >= 15 is 0 Å². The summed E-state index contributed by atoms with van der Waals surface area (Å²) in [5.41, 5.74) is 0.588. The Kier molecular flexibility index (Phi) is 3.72. The molecule has 1 aliphatic carbocycles. The van der Waals surface area contributed by atoms with Gasteiger partial charge in [0.05, 0.1) is 0 Å². The number of aryl methyl sites for hydroxylation is 1. The zero-order valence-corrected chi connectivity index (χ0v) is 14.1. The summed E-state index contributed by atoms with van der Waals surface area (Å²) in [6.45, 7) is 12.8. The molecule has 112 valence electrons. The zero-order valence-electron chi connectivity index (χ0n) is 13.3. The summed E-state index contributed by atoms with van der Waals surface area (Å²) in [5, 5.41) is 3.76. The topological polar surface area (TPSA) is 15.3 Å². The molecule has 1 unspecified atom stereocenters. The summed E-state index contributed by atoms with van der Waals surface area (Å²) >= 11 is 2.00. The molecule has 2 nitrogen and oxygen atoms in total. The molecule has 1 saturated heterocycles. The van der Waals surface area contributed by atoms with Gasteiger partial charge in [-0.15, -0.1) is 11.3 Å². The third kappa shape index (κ3) is 2.81. The number of nitrogens with zero attached hydrogens (tertiary/aromatic N) is 1. The minimum absolute atomic E-state index is 0.235. The maximum Gasteiger partial charge on any atom is 0.0338 e. The first-order chi connectivity index (χ1) is 9.43. The number of thiophene rings is 1. The minimum atomic E-state index is 0.235. The number of rotatable bonds is 4. The van der Waals surface area contributed by atoms with Crippen LogP contribution in [0.5, 0.6) is 0 Å². The smallest absolute Gasteiger partial charge is 0.0338 e. The van der Waals surface area contributed by atoms with Crippen molar-refractivity contribution in [1.82, 2.24) is 10.2 Å². The van der Waals surface area contributed by atoms with Gasteiger partial charge in [0.25, 0.3) is 0 Å². The van der Waals surface area contributed by atoms with E-state index < -0.39 is 0 Å². The first-order valence-electron chi connectivity index (χ1n) is 8.01. The first kappa shape index (κ1) is 14.6. The third-order valence-electron chi connectivity index (χ3n) is 5.10. The molecular formula is C17H28N2S. The summed E-state index contributed by atoms with van der Waals surface area (Å²) < 4.78 is 0. The molecule has 0 bridgehead atoms. The normalized spacial score (nSPS) is 30.6. The molecule has 0 spiro atoms. The van der Waals surface area contributed by atoms with Gasteiger partial charge >= 0.3 is 0 Å². The highest BCUT2D eigenvalue weighted by Gasteiger charge is 2.49. The van der Waals surface area contributed by atoms with Crippen molar-refractivity contribution >= 4 is 11.3 Å². The standard InChI is InChI=1S/C17H28N2S/c1-5-14-8-9-15(20-14)10-19-12-16(2,3)18-11-17(19,4)13-6-7-13/h8-9,13,18H,5-7,10-12H2,1-4H3. The van der Waals surface area contributed by atoms with Crippen LogP contribution < -0.4 is 5.32 Å². The Morgan fingerprint density at radius 1 is 1.25 bits per heavy atom. The van der Waals surface area contributed by atoms with Crippen molar-refractivity contribution in [3.8, 4) is 0 Å². The average molecular weight is 292 g/mol. The second-order valence-corrected chi connectivity index (χ2v) is 8.70. The monoisotopic (exact) mass is 292 g/mol. The van der Waals surface area contributed by atoms with E-state index in [9.17, 15) is 0 Å². The van der Waals surface area contributed by atoms with E-state index in [1.54, 1.807) is 0 Å². The van der Waals surface area contributed by atoms with Crippen LogP contribution in [0.15, 0.2) is 12.1 Å². The molecular weight excluding hydrogens is 264 g/mol. The molecule has 2 fully saturated rings. The molecule has 1 saturated carbocycles. The molecule has 2 heterocycles. The molecule has 2 aliphatic rings. The van der Waals surface area contributed by atoms with Crippen LogP contribution in [0.2, 0.25) is 0 Å². The van der Waals surface area contributed by atoms with Crippen LogP contribution in [-0.4, -0.2) is 29.1 Å². The van der Waals surface area contributed by atoms with Crippen LogP contribution in [-0.2, 0) is 13.0 Å². The maximum atomic E-state index is 3.76. The zero-order chi connectivity index (χ0) is 14.4. The highest BCUT2D eigenvalue weighted by molar-refractivity contribution is 7.11. The second kappa shape index (κ2) is 5.11. The molecule has 1 aromatic heterocycles. The third-order valence-corrected chi connectivity index (χ3v) is 6.32. The van der Waals surface area contributed by atoms with Crippen molar-refractivity contribution < 1.29 is 0 Å². The van der Waals surface area contributed by atoms with Crippen LogP contribution in [0.3, 0.4) is 0 Å². The van der Waals surface area contributed by atoms with Gasteiger partial charge in [0.1, 0.15) is 0 Å². The van der Waals surface area contributed by atoms with E-state index in [-0.39, 0.29) is 5.54 Å². The lowest BCUT2D eigenvalue weighted by atomic mass is 9.86. The maximum absolute atomic E-state index is 3.76. The van der Waals surface area contributed by atoms with Gasteiger partial charge in [-0.2, -0.15) is 0 Å². The van der Waals surface area contributed by atoms with Crippen molar-refractivity contribution in [3.63, 3.8) is 0 Å². The van der Waals surface area contributed by atoms with Gasteiger partial charge in [0, 0.05) is 40.5 Å². The highest BCUT2D eigenvalue weighted by atomic mass is 32.1. The minimum Gasteiger partial charge on any atom is -0.309 e. The predicted octanol–water partition coefficient (Wildman–Crippen LogP) is 3.66. The summed E-state index contributed by atoms with van der Waals surface area (Å²) in [4.78, 5) is 5.81. The molecule has 1 N–H and O–H groups in total. The Morgan fingerprint density at radius 2 is 1.95 bits per heavy atom. The number of hydrogen-bond acceptors (Lipinski definition) is 3. The highest BCUT2D eigenvalue weighted by Crippen LogP contribution is 2.45. The fourth-order valence-electron chi connectivity index (χ4n) is 3.47. The van der Waals surface area contributed by atoms with Crippen LogP contribution >= 0.6 is 11.3 Å². The Morgan fingerprint density at radius 3 is 2.55 bits per heavy atom. The van der Waals surface area contributed by atoms with Gasteiger partial charge in [-0.25, -0.2) is 0 Å². The molecule has 1 aliphatic heterocycles. The molecule has 20 heavy (non-hydrogen) atoms. The summed E-state index contributed by atoms with van der Waals surface area (Å²) in [6.07, 6.45) is 4.00. The van der Waals surface area contributed by atoms with Gasteiger partial charge in [0.2, 0.25) is 0 Å². The SMILES string of the molecule is CCc1ccc(CN2CC(C)(C)NCC2(C)C2CC2)s1. The van der Waals surface area contributed by atoms with E-state index in [1.807, 2.05) is 11.3 Å². The lowest BCUT2D eigenvalue weighted by molar-refractivity contribution is 0.00595. The van der Waals surface area contributed by atoms with Crippen LogP contribution in [0.25, 0.3) is 0 Å². The largest absolute Gasteiger partial charge is 0.309 e. The van der Waals surface area contributed by atoms with Gasteiger partial charge in [-0.05, 0) is 58.1 Å². The molecule has 1 atom stereocenters. The molecule has 0 amide bonds. The predicted molar refractivity (Wildman–Crippen MR) is 87.3 cm³/mol. The van der Waals surface area contributed by atoms with Gasteiger partial charge < -0.3 is 5.32 Å². The number of hydrogen-bond donors (Lipinski definition) is 1. The molecule has 3 heteroatoms. The van der Waals surface area contributed by atoms with E-state index in [0.717, 1.165) is 32.0 Å². The van der Waals surface area contributed by atoms with E-state index in [2.05, 4.69) is 50.0 Å². The van der Waals surface area contributed by atoms with Crippen molar-refractivity contribution in [2.45, 2.75) is 64.6 Å². The number of piperazine rings is 1. The van der Waals surface area contributed by atoms with E-state index in [0.29, 0.717) is 5.54 Å². The first-order valence-corrected chi connectivity index (χ1v) is 8.82. The number of nitrogens with one attached hydrogen (secondary N) is 1. The van der Waals surface area contributed by atoms with Crippen molar-refractivity contribution in [2.24, 2.45) is 5.92 Å². The fourth-order valence-corrected chi connectivity index (χ4v) is 4.45. The summed E-state index contributed by atoms with van der Waals surface area (Å²) in [7, 11) is 0. The summed E-state index contributed by atoms with van der Waals surface area (Å²) in [5.74, 6) is 0.900.